The smallest absolute Gasteiger partial charge is 0.227 e. The molecule has 0 radical (unpaired) electrons. The van der Waals surface area contributed by atoms with Crippen LogP contribution in [0.5, 0.6) is 0 Å². The number of nitrogens with two attached hydrogens (primary N) is 1. The molecule has 0 aliphatic heterocycles. The van der Waals surface area contributed by atoms with E-state index in [9.17, 15) is 4.79 Å². The molecule has 0 spiro atoms. The van der Waals surface area contributed by atoms with Gasteiger partial charge in [-0.1, -0.05) is 32.0 Å². The topological polar surface area (TPSA) is 72.9 Å². The van der Waals surface area contributed by atoms with Crippen LogP contribution in [0.4, 0.5) is 0 Å². The van der Waals surface area contributed by atoms with E-state index in [1.54, 1.807) is 0 Å². The van der Waals surface area contributed by atoms with Crippen molar-refractivity contribution in [2.24, 2.45) is 11.1 Å². The minimum Gasteiger partial charge on any atom is -0.350 e. The van der Waals surface area contributed by atoms with Gasteiger partial charge in [-0.25, -0.2) is 4.68 Å². The second kappa shape index (κ2) is 8.69. The molecule has 0 atom stereocenters. The summed E-state index contributed by atoms with van der Waals surface area (Å²) >= 11 is 0. The molecule has 1 aliphatic carbocycles. The predicted molar refractivity (Wildman–Crippen MR) is 107 cm³/mol. The Morgan fingerprint density at radius 3 is 2.54 bits per heavy atom. The number of nitrogens with one attached hydrogen (secondary N) is 1. The van der Waals surface area contributed by atoms with Crippen LogP contribution >= 0.6 is 12.4 Å². The lowest BCUT2D eigenvalue weighted by atomic mass is 9.81. The van der Waals surface area contributed by atoms with Gasteiger partial charge in [-0.05, 0) is 49.8 Å². The summed E-state index contributed by atoms with van der Waals surface area (Å²) in [6.45, 7) is 4.90. The maximum atomic E-state index is 12.7. The average molecular weight is 377 g/mol. The third kappa shape index (κ3) is 3.64. The normalized spacial score (nSPS) is 13.2. The van der Waals surface area contributed by atoms with E-state index in [1.165, 1.54) is 11.3 Å². The van der Waals surface area contributed by atoms with Crippen LogP contribution in [0.15, 0.2) is 30.3 Å². The minimum atomic E-state index is -0.467. The zero-order valence-corrected chi connectivity index (χ0v) is 16.4. The van der Waals surface area contributed by atoms with Gasteiger partial charge in [0.1, 0.15) is 0 Å². The minimum absolute atomic E-state index is 0. The van der Waals surface area contributed by atoms with Gasteiger partial charge >= 0.3 is 0 Å². The summed E-state index contributed by atoms with van der Waals surface area (Å²) < 4.78 is 2.04. The van der Waals surface area contributed by atoms with E-state index in [0.717, 1.165) is 43.5 Å². The summed E-state index contributed by atoms with van der Waals surface area (Å²) in [5, 5.41) is 7.90. The van der Waals surface area contributed by atoms with Crippen LogP contribution in [0.1, 0.15) is 50.1 Å². The fourth-order valence-electron chi connectivity index (χ4n) is 3.74. The summed E-state index contributed by atoms with van der Waals surface area (Å²) in [4.78, 5) is 12.7. The van der Waals surface area contributed by atoms with Crippen molar-refractivity contribution in [1.82, 2.24) is 15.1 Å². The van der Waals surface area contributed by atoms with Gasteiger partial charge < -0.3 is 11.1 Å². The lowest BCUT2D eigenvalue weighted by Gasteiger charge is -2.28. The number of benzene rings is 1. The number of para-hydroxylation sites is 1. The van der Waals surface area contributed by atoms with Crippen molar-refractivity contribution in [1.29, 1.82) is 0 Å². The molecule has 26 heavy (non-hydrogen) atoms. The summed E-state index contributed by atoms with van der Waals surface area (Å²) in [7, 11) is 0. The summed E-state index contributed by atoms with van der Waals surface area (Å²) in [6, 6.07) is 10.2. The summed E-state index contributed by atoms with van der Waals surface area (Å²) in [5.74, 6) is 0.0426. The number of rotatable bonds is 7. The molecule has 1 aliphatic rings. The van der Waals surface area contributed by atoms with Crippen molar-refractivity contribution in [2.75, 3.05) is 6.54 Å². The van der Waals surface area contributed by atoms with Gasteiger partial charge in [0.05, 0.1) is 23.3 Å². The Hall–Kier alpha value is -1.85. The van der Waals surface area contributed by atoms with Gasteiger partial charge in [-0.15, -0.1) is 12.4 Å². The number of hydrogen-bond donors (Lipinski definition) is 2. The molecule has 142 valence electrons. The van der Waals surface area contributed by atoms with Crippen molar-refractivity contribution < 1.29 is 4.79 Å². The molecule has 6 heteroatoms. The van der Waals surface area contributed by atoms with E-state index >= 15 is 0 Å². The Balaban J connectivity index is 0.00000243. The second-order valence-corrected chi connectivity index (χ2v) is 6.85. The van der Waals surface area contributed by atoms with Crippen molar-refractivity contribution in [3.05, 3.63) is 47.3 Å². The van der Waals surface area contributed by atoms with E-state index in [4.69, 9.17) is 10.8 Å². The van der Waals surface area contributed by atoms with E-state index in [0.29, 0.717) is 13.1 Å². The molecule has 0 fully saturated rings. The van der Waals surface area contributed by atoms with Crippen LogP contribution in [-0.4, -0.2) is 22.2 Å². The Kier molecular flexibility index (Phi) is 6.84. The first kappa shape index (κ1) is 20.5. The average Bonchev–Trinajstić information content (AvgIpc) is 3.25. The van der Waals surface area contributed by atoms with E-state index < -0.39 is 5.41 Å². The second-order valence-electron chi connectivity index (χ2n) is 6.85. The van der Waals surface area contributed by atoms with Crippen LogP contribution in [0.2, 0.25) is 0 Å². The Labute approximate surface area is 161 Å². The van der Waals surface area contributed by atoms with Gasteiger partial charge in [0.2, 0.25) is 5.91 Å². The van der Waals surface area contributed by atoms with Gasteiger partial charge in [-0.3, -0.25) is 4.79 Å². The Morgan fingerprint density at radius 1 is 1.23 bits per heavy atom. The molecular formula is C20H29ClN4O. The fourth-order valence-corrected chi connectivity index (χ4v) is 3.74. The zero-order chi connectivity index (χ0) is 17.9. The van der Waals surface area contributed by atoms with Crippen LogP contribution in [0.25, 0.3) is 5.69 Å². The highest BCUT2D eigenvalue weighted by atomic mass is 35.5. The summed E-state index contributed by atoms with van der Waals surface area (Å²) in [6.07, 6.45) is 4.74. The van der Waals surface area contributed by atoms with Gasteiger partial charge in [0, 0.05) is 12.2 Å². The van der Waals surface area contributed by atoms with Crippen LogP contribution in [0, 0.1) is 5.41 Å². The Morgan fingerprint density at radius 2 is 1.92 bits per heavy atom. The number of nitrogens with zero attached hydrogens (tertiary/aromatic N) is 2. The molecule has 5 nitrogen and oxygen atoms in total. The fraction of sp³-hybridized carbons (Fsp3) is 0.500. The first-order valence-electron chi connectivity index (χ1n) is 9.28. The van der Waals surface area contributed by atoms with Crippen molar-refractivity contribution >= 4 is 18.3 Å². The molecule has 1 aromatic carbocycles. The van der Waals surface area contributed by atoms with Gasteiger partial charge in [0.25, 0.3) is 0 Å². The van der Waals surface area contributed by atoms with E-state index in [2.05, 4.69) is 17.4 Å². The number of fused-ring (bicyclic) bond motifs is 1. The van der Waals surface area contributed by atoms with Crippen molar-refractivity contribution in [2.45, 2.75) is 52.5 Å². The van der Waals surface area contributed by atoms with E-state index in [-0.39, 0.29) is 18.3 Å². The zero-order valence-electron chi connectivity index (χ0n) is 15.6. The first-order valence-corrected chi connectivity index (χ1v) is 9.28. The predicted octanol–water partition coefficient (Wildman–Crippen LogP) is 3.16. The largest absolute Gasteiger partial charge is 0.350 e. The standard InChI is InChI=1S/C20H28N4O.ClH/c1-3-20(4-2,14-21)19(25)22-13-17-16-11-8-12-18(16)24(23-17)15-9-6-5-7-10-15;/h5-7,9-10H,3-4,8,11-14,21H2,1-2H3,(H,22,25);1H. The molecule has 1 amide bonds. The lowest BCUT2D eigenvalue weighted by molar-refractivity contribution is -0.131. The summed E-state index contributed by atoms with van der Waals surface area (Å²) in [5.41, 5.74) is 10.1. The molecule has 3 N–H and O–H groups in total. The number of carbonyl (C=O) groups excluding carboxylic acids is 1. The maximum absolute atomic E-state index is 12.7. The highest BCUT2D eigenvalue weighted by Gasteiger charge is 2.33. The lowest BCUT2D eigenvalue weighted by Crippen LogP contribution is -2.45. The third-order valence-electron chi connectivity index (χ3n) is 5.66. The van der Waals surface area contributed by atoms with Crippen molar-refractivity contribution in [3.63, 3.8) is 0 Å². The molecule has 0 saturated heterocycles. The van der Waals surface area contributed by atoms with Crippen molar-refractivity contribution in [3.8, 4) is 5.69 Å². The van der Waals surface area contributed by atoms with Crippen LogP contribution in [0.3, 0.4) is 0 Å². The highest BCUT2D eigenvalue weighted by Crippen LogP contribution is 2.29. The maximum Gasteiger partial charge on any atom is 0.227 e. The molecule has 1 aromatic heterocycles. The first-order chi connectivity index (χ1) is 12.1. The number of hydrogen-bond acceptors (Lipinski definition) is 3. The highest BCUT2D eigenvalue weighted by molar-refractivity contribution is 5.85. The SMILES string of the molecule is CCC(CC)(CN)C(=O)NCc1nn(-c2ccccc2)c2c1CCC2.Cl. The van der Waals surface area contributed by atoms with Crippen LogP contribution in [-0.2, 0) is 24.2 Å². The molecule has 2 aromatic rings. The van der Waals surface area contributed by atoms with Gasteiger partial charge in [0.15, 0.2) is 0 Å². The molecular weight excluding hydrogens is 348 g/mol. The molecule has 0 bridgehead atoms. The third-order valence-corrected chi connectivity index (χ3v) is 5.66. The molecule has 0 unspecified atom stereocenters. The number of aromatic nitrogens is 2. The van der Waals surface area contributed by atoms with Gasteiger partial charge in [-0.2, -0.15) is 5.10 Å². The Bertz CT molecular complexity index is 730. The van der Waals surface area contributed by atoms with E-state index in [1.807, 2.05) is 36.7 Å². The van der Waals surface area contributed by atoms with Crippen LogP contribution < -0.4 is 11.1 Å². The molecule has 3 rings (SSSR count). The quantitative estimate of drug-likeness (QED) is 0.779. The number of carbonyl (C=O) groups is 1. The number of halogens is 1. The molecule has 0 saturated carbocycles. The molecule has 1 heterocycles. The number of amides is 1. The monoisotopic (exact) mass is 376 g/mol.